The van der Waals surface area contributed by atoms with E-state index in [1.165, 1.54) is 0 Å². The molecular weight excluding hydrogens is 274 g/mol. The Hall–Kier alpha value is -0.780. The number of rotatable bonds is 5. The van der Waals surface area contributed by atoms with E-state index in [1.807, 2.05) is 25.2 Å². The van der Waals surface area contributed by atoms with E-state index in [1.54, 1.807) is 23.1 Å². The molecule has 3 nitrogen and oxygen atoms in total. The van der Waals surface area contributed by atoms with Crippen molar-refractivity contribution in [1.82, 2.24) is 10.2 Å². The van der Waals surface area contributed by atoms with E-state index in [9.17, 15) is 0 Å². The van der Waals surface area contributed by atoms with E-state index in [0.717, 1.165) is 32.2 Å². The minimum Gasteiger partial charge on any atom is -0.363 e. The highest BCUT2D eigenvalue weighted by molar-refractivity contribution is 7.97. The van der Waals surface area contributed by atoms with Crippen LogP contribution in [0.15, 0.2) is 24.3 Å². The van der Waals surface area contributed by atoms with Crippen LogP contribution in [0.1, 0.15) is 10.6 Å². The monoisotopic (exact) mass is 285 g/mol. The Morgan fingerprint density at radius 2 is 2.12 bits per heavy atom. The molecule has 2 aromatic rings. The van der Waals surface area contributed by atoms with Gasteiger partial charge in [-0.3, -0.25) is 0 Å². The van der Waals surface area contributed by atoms with Crippen molar-refractivity contribution in [2.45, 2.75) is 11.5 Å². The number of halogens is 1. The van der Waals surface area contributed by atoms with Crippen LogP contribution in [0.5, 0.6) is 0 Å². The van der Waals surface area contributed by atoms with Crippen molar-refractivity contribution < 1.29 is 0 Å². The van der Waals surface area contributed by atoms with Crippen LogP contribution in [0.25, 0.3) is 0 Å². The predicted molar refractivity (Wildman–Crippen MR) is 75.9 cm³/mol. The third kappa shape index (κ3) is 3.59. The largest absolute Gasteiger partial charge is 0.363 e. The maximum Gasteiger partial charge on any atom is 0.205 e. The van der Waals surface area contributed by atoms with Gasteiger partial charge in [0.25, 0.3) is 0 Å². The molecule has 0 amide bonds. The molecular formula is C11H12ClN3S2. The van der Waals surface area contributed by atoms with Gasteiger partial charge in [-0.25, -0.2) is 0 Å². The smallest absolute Gasteiger partial charge is 0.205 e. The molecule has 0 aliphatic rings. The lowest BCUT2D eigenvalue weighted by atomic mass is 10.2. The van der Waals surface area contributed by atoms with E-state index >= 15 is 0 Å². The van der Waals surface area contributed by atoms with Gasteiger partial charge in [0.2, 0.25) is 5.13 Å². The lowest BCUT2D eigenvalue weighted by molar-refractivity contribution is 1.04. The third-order valence-electron chi connectivity index (χ3n) is 2.12. The first-order chi connectivity index (χ1) is 8.29. The Bertz CT molecular complexity index is 487. The predicted octanol–water partition coefficient (Wildman–Crippen LogP) is 3.67. The summed E-state index contributed by atoms with van der Waals surface area (Å²) < 4.78 is 0. The van der Waals surface area contributed by atoms with Gasteiger partial charge in [0, 0.05) is 23.6 Å². The summed E-state index contributed by atoms with van der Waals surface area (Å²) in [7, 11) is 1.85. The number of nitrogens with one attached hydrogen (secondary N) is 1. The van der Waals surface area contributed by atoms with Crippen molar-refractivity contribution in [3.05, 3.63) is 39.9 Å². The van der Waals surface area contributed by atoms with E-state index in [0.29, 0.717) is 0 Å². The maximum absolute atomic E-state index is 6.08. The average molecular weight is 286 g/mol. The molecule has 0 saturated heterocycles. The van der Waals surface area contributed by atoms with Crippen LogP contribution in [0, 0.1) is 0 Å². The van der Waals surface area contributed by atoms with Gasteiger partial charge in [-0.1, -0.05) is 41.1 Å². The van der Waals surface area contributed by atoms with Crippen molar-refractivity contribution in [2.24, 2.45) is 0 Å². The molecule has 0 radical (unpaired) electrons. The fraction of sp³-hybridized carbons (Fsp3) is 0.273. The van der Waals surface area contributed by atoms with Crippen LogP contribution in [-0.2, 0) is 11.5 Å². The van der Waals surface area contributed by atoms with Crippen LogP contribution < -0.4 is 5.32 Å². The van der Waals surface area contributed by atoms with Crippen LogP contribution in [-0.4, -0.2) is 17.2 Å². The molecule has 0 unspecified atom stereocenters. The summed E-state index contributed by atoms with van der Waals surface area (Å²) in [6.07, 6.45) is 0. The van der Waals surface area contributed by atoms with Crippen LogP contribution in [0.2, 0.25) is 5.02 Å². The molecule has 1 aromatic heterocycles. The molecule has 0 bridgehead atoms. The lowest BCUT2D eigenvalue weighted by Gasteiger charge is -2.01. The first-order valence-electron chi connectivity index (χ1n) is 5.11. The molecule has 0 spiro atoms. The molecule has 0 aliphatic heterocycles. The van der Waals surface area contributed by atoms with Gasteiger partial charge in [-0.05, 0) is 11.6 Å². The summed E-state index contributed by atoms with van der Waals surface area (Å²) in [5.41, 5.74) is 1.16. The van der Waals surface area contributed by atoms with Gasteiger partial charge in [-0.15, -0.1) is 22.0 Å². The van der Waals surface area contributed by atoms with Crippen molar-refractivity contribution in [3.63, 3.8) is 0 Å². The van der Waals surface area contributed by atoms with E-state index in [-0.39, 0.29) is 0 Å². The summed E-state index contributed by atoms with van der Waals surface area (Å²) in [6.45, 7) is 0. The molecule has 2 rings (SSSR count). The molecule has 90 valence electrons. The van der Waals surface area contributed by atoms with Crippen LogP contribution >= 0.6 is 34.7 Å². The van der Waals surface area contributed by atoms with Crippen LogP contribution in [0.3, 0.4) is 0 Å². The topological polar surface area (TPSA) is 37.8 Å². The van der Waals surface area contributed by atoms with E-state index < -0.39 is 0 Å². The van der Waals surface area contributed by atoms with Gasteiger partial charge >= 0.3 is 0 Å². The fourth-order valence-corrected chi connectivity index (χ4v) is 3.34. The Morgan fingerprint density at radius 3 is 2.82 bits per heavy atom. The SMILES string of the molecule is CNc1nnc(CSCc2ccccc2Cl)s1. The summed E-state index contributed by atoms with van der Waals surface area (Å²) in [5, 5.41) is 13.8. The maximum atomic E-state index is 6.08. The van der Waals surface area contributed by atoms with Gasteiger partial charge in [0.15, 0.2) is 0 Å². The lowest BCUT2D eigenvalue weighted by Crippen LogP contribution is -1.85. The van der Waals surface area contributed by atoms with Gasteiger partial charge < -0.3 is 5.32 Å². The second-order valence-electron chi connectivity index (χ2n) is 3.34. The Balaban J connectivity index is 1.85. The second kappa shape index (κ2) is 6.23. The number of hydrogen-bond acceptors (Lipinski definition) is 5. The Morgan fingerprint density at radius 1 is 1.29 bits per heavy atom. The zero-order chi connectivity index (χ0) is 12.1. The first-order valence-corrected chi connectivity index (χ1v) is 7.46. The molecule has 1 N–H and O–H groups in total. The quantitative estimate of drug-likeness (QED) is 0.910. The standard InChI is InChI=1S/C11H12ClN3S2/c1-13-11-15-14-10(17-11)7-16-6-8-4-2-3-5-9(8)12/h2-5H,6-7H2,1H3,(H,13,15). The highest BCUT2D eigenvalue weighted by Gasteiger charge is 2.04. The normalized spacial score (nSPS) is 10.5. The summed E-state index contributed by atoms with van der Waals surface area (Å²) >= 11 is 9.46. The first kappa shape index (κ1) is 12.7. The van der Waals surface area contributed by atoms with Gasteiger partial charge in [0.1, 0.15) is 5.01 Å². The minimum absolute atomic E-state index is 0.827. The molecule has 17 heavy (non-hydrogen) atoms. The zero-order valence-electron chi connectivity index (χ0n) is 9.31. The van der Waals surface area contributed by atoms with Crippen molar-refractivity contribution in [2.75, 3.05) is 12.4 Å². The Labute approximate surface area is 114 Å². The number of aromatic nitrogens is 2. The molecule has 0 fully saturated rings. The summed E-state index contributed by atoms with van der Waals surface area (Å²) in [4.78, 5) is 0. The van der Waals surface area contributed by atoms with E-state index in [4.69, 9.17) is 11.6 Å². The number of anilines is 1. The van der Waals surface area contributed by atoms with Crippen molar-refractivity contribution in [1.29, 1.82) is 0 Å². The molecule has 0 aliphatic carbocycles. The summed E-state index contributed by atoms with van der Waals surface area (Å²) in [5.74, 6) is 1.76. The highest BCUT2D eigenvalue weighted by Crippen LogP contribution is 2.25. The number of thioether (sulfide) groups is 1. The van der Waals surface area contributed by atoms with Gasteiger partial charge in [0.05, 0.1) is 0 Å². The number of benzene rings is 1. The fourth-order valence-electron chi connectivity index (χ4n) is 1.28. The molecule has 6 heteroatoms. The number of nitrogens with zero attached hydrogens (tertiary/aromatic N) is 2. The third-order valence-corrected chi connectivity index (χ3v) is 4.61. The summed E-state index contributed by atoms with van der Waals surface area (Å²) in [6, 6.07) is 7.92. The molecule has 1 heterocycles. The van der Waals surface area contributed by atoms with E-state index in [2.05, 4.69) is 21.6 Å². The van der Waals surface area contributed by atoms with Crippen molar-refractivity contribution >= 4 is 39.8 Å². The molecule has 0 atom stereocenters. The molecule has 1 aromatic carbocycles. The highest BCUT2D eigenvalue weighted by atomic mass is 35.5. The minimum atomic E-state index is 0.827. The number of hydrogen-bond donors (Lipinski definition) is 1. The van der Waals surface area contributed by atoms with Crippen LogP contribution in [0.4, 0.5) is 5.13 Å². The second-order valence-corrected chi connectivity index (χ2v) is 5.79. The average Bonchev–Trinajstić information content (AvgIpc) is 2.80. The molecule has 0 saturated carbocycles. The van der Waals surface area contributed by atoms with Gasteiger partial charge in [-0.2, -0.15) is 0 Å². The van der Waals surface area contributed by atoms with Crippen molar-refractivity contribution in [3.8, 4) is 0 Å². The zero-order valence-corrected chi connectivity index (χ0v) is 11.7. The Kier molecular flexibility index (Phi) is 4.65.